The molecule has 5 nitrogen and oxygen atoms in total. The van der Waals surface area contributed by atoms with Crippen LogP contribution in [0.5, 0.6) is 5.75 Å². The van der Waals surface area contributed by atoms with E-state index in [-0.39, 0.29) is 5.43 Å². The standard InChI is InChI=1S/C27H24ClNO4/c28-22-7-9-26-23(14-22)27(31)21(17-33-26)16-29-10-11-32-25-8-6-19(13-20(25)15-29)24(30)12-18-4-2-1-3-5-18/h1-9,13-14,17,24,30H,10-12,15-16H2/t24-/m0/s1. The maximum atomic E-state index is 13.0. The summed E-state index contributed by atoms with van der Waals surface area (Å²) in [7, 11) is 0. The molecule has 0 saturated carbocycles. The van der Waals surface area contributed by atoms with E-state index >= 15 is 0 Å². The molecule has 0 spiro atoms. The van der Waals surface area contributed by atoms with Gasteiger partial charge in [0.15, 0.2) is 5.43 Å². The van der Waals surface area contributed by atoms with Crippen LogP contribution in [0.3, 0.4) is 0 Å². The van der Waals surface area contributed by atoms with Gasteiger partial charge in [0.2, 0.25) is 0 Å². The van der Waals surface area contributed by atoms with Gasteiger partial charge in [-0.3, -0.25) is 9.69 Å². The summed E-state index contributed by atoms with van der Waals surface area (Å²) in [5.41, 5.74) is 3.95. The van der Waals surface area contributed by atoms with E-state index in [1.165, 1.54) is 6.26 Å². The molecular weight excluding hydrogens is 438 g/mol. The lowest BCUT2D eigenvalue weighted by molar-refractivity contribution is 0.178. The van der Waals surface area contributed by atoms with Crippen molar-refractivity contribution < 1.29 is 14.3 Å². The van der Waals surface area contributed by atoms with E-state index in [1.54, 1.807) is 18.2 Å². The van der Waals surface area contributed by atoms with Crippen LogP contribution in [0.4, 0.5) is 0 Å². The lowest BCUT2D eigenvalue weighted by Gasteiger charge is -2.19. The number of hydrogen-bond donors (Lipinski definition) is 1. The first-order chi connectivity index (χ1) is 16.1. The molecule has 0 bridgehead atoms. The molecule has 2 heterocycles. The normalized spacial score (nSPS) is 15.0. The fourth-order valence-electron chi connectivity index (χ4n) is 4.26. The minimum Gasteiger partial charge on any atom is -0.492 e. The first-order valence-electron chi connectivity index (χ1n) is 11.0. The molecule has 1 atom stereocenters. The first-order valence-corrected chi connectivity index (χ1v) is 11.3. The van der Waals surface area contributed by atoms with Crippen molar-refractivity contribution in [3.8, 4) is 5.75 Å². The molecule has 33 heavy (non-hydrogen) atoms. The largest absolute Gasteiger partial charge is 0.492 e. The molecule has 5 rings (SSSR count). The molecule has 1 N–H and O–H groups in total. The van der Waals surface area contributed by atoms with Gasteiger partial charge in [-0.1, -0.05) is 48.0 Å². The van der Waals surface area contributed by atoms with Crippen molar-refractivity contribution in [1.29, 1.82) is 0 Å². The zero-order valence-electron chi connectivity index (χ0n) is 18.0. The Morgan fingerprint density at radius 1 is 1.06 bits per heavy atom. The smallest absolute Gasteiger partial charge is 0.197 e. The Labute approximate surface area is 196 Å². The van der Waals surface area contributed by atoms with E-state index < -0.39 is 6.10 Å². The van der Waals surface area contributed by atoms with E-state index in [2.05, 4.69) is 4.90 Å². The van der Waals surface area contributed by atoms with E-state index in [0.29, 0.717) is 54.2 Å². The quantitative estimate of drug-likeness (QED) is 0.447. The minimum atomic E-state index is -0.605. The van der Waals surface area contributed by atoms with E-state index in [4.69, 9.17) is 20.8 Å². The Kier molecular flexibility index (Phi) is 6.18. The molecule has 0 unspecified atom stereocenters. The predicted octanol–water partition coefficient (Wildman–Crippen LogP) is 5.12. The van der Waals surface area contributed by atoms with Crippen molar-refractivity contribution >= 4 is 22.6 Å². The molecule has 0 aliphatic carbocycles. The fraction of sp³-hybridized carbons (Fsp3) is 0.222. The number of nitrogens with zero attached hydrogens (tertiary/aromatic N) is 1. The van der Waals surface area contributed by atoms with E-state index in [1.807, 2.05) is 48.5 Å². The second-order valence-corrected chi connectivity index (χ2v) is 8.80. The van der Waals surface area contributed by atoms with Gasteiger partial charge in [0.1, 0.15) is 17.9 Å². The van der Waals surface area contributed by atoms with Crippen LogP contribution in [0.15, 0.2) is 82.2 Å². The summed E-state index contributed by atoms with van der Waals surface area (Å²) in [5, 5.41) is 11.8. The number of hydrogen-bond acceptors (Lipinski definition) is 5. The Morgan fingerprint density at radius 2 is 1.91 bits per heavy atom. The molecule has 0 saturated heterocycles. The number of fused-ring (bicyclic) bond motifs is 2. The molecule has 0 fully saturated rings. The van der Waals surface area contributed by atoms with Crippen molar-refractivity contribution in [1.82, 2.24) is 4.90 Å². The number of aliphatic hydroxyl groups is 1. The average molecular weight is 462 g/mol. The van der Waals surface area contributed by atoms with Gasteiger partial charge in [-0.2, -0.15) is 0 Å². The molecule has 168 valence electrons. The lowest BCUT2D eigenvalue weighted by atomic mass is 9.99. The number of benzene rings is 3. The Morgan fingerprint density at radius 3 is 2.76 bits per heavy atom. The van der Waals surface area contributed by atoms with Gasteiger partial charge in [0.05, 0.1) is 17.8 Å². The van der Waals surface area contributed by atoms with Crippen LogP contribution in [0.2, 0.25) is 5.02 Å². The van der Waals surface area contributed by atoms with Gasteiger partial charge >= 0.3 is 0 Å². The van der Waals surface area contributed by atoms with Crippen LogP contribution < -0.4 is 10.2 Å². The maximum absolute atomic E-state index is 13.0. The van der Waals surface area contributed by atoms with E-state index in [0.717, 1.165) is 22.4 Å². The van der Waals surface area contributed by atoms with Gasteiger partial charge in [-0.25, -0.2) is 0 Å². The third-order valence-electron chi connectivity index (χ3n) is 6.00. The predicted molar refractivity (Wildman–Crippen MR) is 129 cm³/mol. The van der Waals surface area contributed by atoms with Crippen LogP contribution in [0.25, 0.3) is 11.0 Å². The first kappa shape index (κ1) is 21.7. The third kappa shape index (κ3) is 4.81. The highest BCUT2D eigenvalue weighted by atomic mass is 35.5. The van der Waals surface area contributed by atoms with Gasteiger partial charge in [-0.15, -0.1) is 0 Å². The summed E-state index contributed by atoms with van der Waals surface area (Å²) in [6.07, 6.45) is 1.47. The van der Waals surface area contributed by atoms with Crippen LogP contribution >= 0.6 is 11.6 Å². The van der Waals surface area contributed by atoms with Crippen molar-refractivity contribution in [2.45, 2.75) is 25.6 Å². The van der Waals surface area contributed by atoms with Gasteiger partial charge in [0, 0.05) is 42.2 Å². The lowest BCUT2D eigenvalue weighted by Crippen LogP contribution is -2.28. The SMILES string of the molecule is O=c1c(CN2CCOc3ccc([C@@H](O)Cc4ccccc4)cc3C2)coc2ccc(Cl)cc12. The van der Waals surface area contributed by atoms with Gasteiger partial charge in [0.25, 0.3) is 0 Å². The maximum Gasteiger partial charge on any atom is 0.197 e. The minimum absolute atomic E-state index is 0.0730. The number of halogens is 1. The number of ether oxygens (including phenoxy) is 1. The second kappa shape index (κ2) is 9.40. The van der Waals surface area contributed by atoms with Crippen LogP contribution in [0.1, 0.15) is 28.4 Å². The Hall–Kier alpha value is -3.12. The summed E-state index contributed by atoms with van der Waals surface area (Å²) in [6.45, 7) is 2.23. The molecule has 1 aromatic heterocycles. The molecule has 0 amide bonds. The number of aliphatic hydroxyl groups excluding tert-OH is 1. The van der Waals surface area contributed by atoms with Crippen molar-refractivity contribution in [2.24, 2.45) is 0 Å². The van der Waals surface area contributed by atoms with Gasteiger partial charge in [-0.05, 0) is 41.5 Å². The fourth-order valence-corrected chi connectivity index (χ4v) is 4.43. The third-order valence-corrected chi connectivity index (χ3v) is 6.24. The summed E-state index contributed by atoms with van der Waals surface area (Å²) in [4.78, 5) is 15.1. The zero-order valence-corrected chi connectivity index (χ0v) is 18.8. The topological polar surface area (TPSA) is 62.9 Å². The molecule has 0 radical (unpaired) electrons. The molecule has 4 aromatic rings. The van der Waals surface area contributed by atoms with Gasteiger partial charge < -0.3 is 14.3 Å². The summed E-state index contributed by atoms with van der Waals surface area (Å²) in [6, 6.07) is 20.9. The monoisotopic (exact) mass is 461 g/mol. The van der Waals surface area contributed by atoms with Crippen LogP contribution in [0, 0.1) is 0 Å². The van der Waals surface area contributed by atoms with Crippen molar-refractivity contribution in [3.63, 3.8) is 0 Å². The van der Waals surface area contributed by atoms with Crippen molar-refractivity contribution in [3.05, 3.63) is 110 Å². The van der Waals surface area contributed by atoms with Crippen molar-refractivity contribution in [2.75, 3.05) is 13.2 Å². The molecule has 1 aliphatic rings. The van der Waals surface area contributed by atoms with Crippen LogP contribution in [-0.2, 0) is 19.5 Å². The van der Waals surface area contributed by atoms with E-state index in [9.17, 15) is 9.90 Å². The zero-order chi connectivity index (χ0) is 22.8. The Balaban J connectivity index is 1.37. The average Bonchev–Trinajstić information content (AvgIpc) is 3.03. The summed E-state index contributed by atoms with van der Waals surface area (Å²) >= 11 is 6.08. The molecule has 1 aliphatic heterocycles. The number of rotatable bonds is 5. The molecule has 3 aromatic carbocycles. The molecular formula is C27H24ClNO4. The highest BCUT2D eigenvalue weighted by molar-refractivity contribution is 6.31. The van der Waals surface area contributed by atoms with Crippen LogP contribution in [-0.4, -0.2) is 23.2 Å². The summed E-state index contributed by atoms with van der Waals surface area (Å²) < 4.78 is 11.6. The highest BCUT2D eigenvalue weighted by Crippen LogP contribution is 2.29. The second-order valence-electron chi connectivity index (χ2n) is 8.36. The summed E-state index contributed by atoms with van der Waals surface area (Å²) in [5.74, 6) is 0.811. The highest BCUT2D eigenvalue weighted by Gasteiger charge is 2.20. The molecule has 6 heteroatoms. The Bertz CT molecular complexity index is 1340.